The lowest BCUT2D eigenvalue weighted by Crippen LogP contribution is -2.33. The summed E-state index contributed by atoms with van der Waals surface area (Å²) < 4.78 is 23.6. The number of nitrogens with zero attached hydrogens (tertiary/aromatic N) is 1. The zero-order valence-corrected chi connectivity index (χ0v) is 13.6. The minimum atomic E-state index is -3.02. The molecule has 6 heteroatoms. The van der Waals surface area contributed by atoms with Gasteiger partial charge in [0.2, 0.25) is 5.91 Å². The molecule has 1 aromatic rings. The summed E-state index contributed by atoms with van der Waals surface area (Å²) in [5.41, 5.74) is 0. The lowest BCUT2D eigenvalue weighted by Gasteiger charge is -2.19. The zero-order chi connectivity index (χ0) is 14.8. The Morgan fingerprint density at radius 3 is 2.80 bits per heavy atom. The van der Waals surface area contributed by atoms with Crippen LogP contribution in [0.5, 0.6) is 0 Å². The molecule has 112 valence electrons. The highest BCUT2D eigenvalue weighted by Crippen LogP contribution is 2.18. The van der Waals surface area contributed by atoms with Gasteiger partial charge in [-0.15, -0.1) is 11.3 Å². The smallest absolute Gasteiger partial charge is 0.222 e. The van der Waals surface area contributed by atoms with Crippen molar-refractivity contribution in [3.05, 3.63) is 21.9 Å². The molecule has 2 rings (SSSR count). The van der Waals surface area contributed by atoms with E-state index in [-0.39, 0.29) is 16.9 Å². The number of amides is 1. The van der Waals surface area contributed by atoms with E-state index < -0.39 is 9.84 Å². The number of carbonyl (C=O) groups is 1. The van der Waals surface area contributed by atoms with Crippen LogP contribution in [0.25, 0.3) is 0 Å². The minimum absolute atomic E-state index is 0.0698. The third-order valence-corrected chi connectivity index (χ3v) is 7.07. The number of sulfone groups is 1. The van der Waals surface area contributed by atoms with Crippen LogP contribution in [0.15, 0.2) is 12.1 Å². The first kappa shape index (κ1) is 15.5. The molecule has 1 saturated heterocycles. The monoisotopic (exact) mass is 315 g/mol. The SMILES string of the molecule is Cc1ccc(CCC(=O)N2CC[C@H](C)S(=O)(=O)CC2)s1. The first-order valence-electron chi connectivity index (χ1n) is 6.93. The predicted molar refractivity (Wildman–Crippen MR) is 81.8 cm³/mol. The van der Waals surface area contributed by atoms with Gasteiger partial charge in [0.25, 0.3) is 0 Å². The van der Waals surface area contributed by atoms with Crippen molar-refractivity contribution in [1.29, 1.82) is 0 Å². The second-order valence-electron chi connectivity index (χ2n) is 5.36. The van der Waals surface area contributed by atoms with Gasteiger partial charge >= 0.3 is 0 Å². The number of hydrogen-bond donors (Lipinski definition) is 0. The molecule has 0 bridgehead atoms. The van der Waals surface area contributed by atoms with Gasteiger partial charge in [-0.2, -0.15) is 0 Å². The van der Waals surface area contributed by atoms with Gasteiger partial charge in [-0.05, 0) is 38.8 Å². The van der Waals surface area contributed by atoms with Crippen molar-refractivity contribution in [2.24, 2.45) is 0 Å². The molecular weight excluding hydrogens is 294 g/mol. The average molecular weight is 315 g/mol. The first-order valence-corrected chi connectivity index (χ1v) is 9.46. The van der Waals surface area contributed by atoms with E-state index in [9.17, 15) is 13.2 Å². The molecule has 0 aromatic carbocycles. The molecule has 1 aliphatic rings. The van der Waals surface area contributed by atoms with Crippen LogP contribution >= 0.6 is 11.3 Å². The van der Waals surface area contributed by atoms with Crippen molar-refractivity contribution >= 4 is 27.1 Å². The van der Waals surface area contributed by atoms with E-state index in [0.717, 1.165) is 6.42 Å². The highest BCUT2D eigenvalue weighted by atomic mass is 32.2. The van der Waals surface area contributed by atoms with Gasteiger partial charge in [0.1, 0.15) is 0 Å². The van der Waals surface area contributed by atoms with Crippen molar-refractivity contribution in [3.63, 3.8) is 0 Å². The Bertz CT molecular complexity index is 577. The van der Waals surface area contributed by atoms with Crippen molar-refractivity contribution in [3.8, 4) is 0 Å². The van der Waals surface area contributed by atoms with E-state index >= 15 is 0 Å². The molecule has 1 aromatic heterocycles. The number of rotatable bonds is 3. The summed E-state index contributed by atoms with van der Waals surface area (Å²) in [5.74, 6) is 0.165. The Labute approximate surface area is 124 Å². The molecule has 0 unspecified atom stereocenters. The van der Waals surface area contributed by atoms with Crippen molar-refractivity contribution in [1.82, 2.24) is 4.90 Å². The van der Waals surface area contributed by atoms with Crippen LogP contribution in [0.1, 0.15) is 29.5 Å². The number of thiophene rings is 1. The summed E-state index contributed by atoms with van der Waals surface area (Å²) in [6.45, 7) is 4.69. The van der Waals surface area contributed by atoms with Crippen molar-refractivity contribution in [2.75, 3.05) is 18.8 Å². The Hall–Kier alpha value is -0.880. The quantitative estimate of drug-likeness (QED) is 0.857. The first-order chi connectivity index (χ1) is 9.38. The maximum Gasteiger partial charge on any atom is 0.222 e. The normalized spacial score (nSPS) is 22.5. The van der Waals surface area contributed by atoms with E-state index in [0.29, 0.717) is 25.9 Å². The van der Waals surface area contributed by atoms with Crippen LogP contribution in [0.2, 0.25) is 0 Å². The van der Waals surface area contributed by atoms with E-state index in [4.69, 9.17) is 0 Å². The third kappa shape index (κ3) is 3.82. The Balaban J connectivity index is 1.89. The molecule has 0 radical (unpaired) electrons. The van der Waals surface area contributed by atoms with Crippen LogP contribution in [0, 0.1) is 6.92 Å². The topological polar surface area (TPSA) is 54.5 Å². The fourth-order valence-electron chi connectivity index (χ4n) is 2.32. The summed E-state index contributed by atoms with van der Waals surface area (Å²) in [4.78, 5) is 16.4. The maximum absolute atomic E-state index is 12.2. The lowest BCUT2D eigenvalue weighted by atomic mass is 10.2. The van der Waals surface area contributed by atoms with Crippen molar-refractivity contribution in [2.45, 2.75) is 38.4 Å². The van der Waals surface area contributed by atoms with Gasteiger partial charge in [0.05, 0.1) is 11.0 Å². The van der Waals surface area contributed by atoms with E-state index in [1.807, 2.05) is 0 Å². The molecule has 0 aliphatic carbocycles. The van der Waals surface area contributed by atoms with Crippen molar-refractivity contribution < 1.29 is 13.2 Å². The fourth-order valence-corrected chi connectivity index (χ4v) is 4.56. The largest absolute Gasteiger partial charge is 0.342 e. The maximum atomic E-state index is 12.2. The van der Waals surface area contributed by atoms with Crippen LogP contribution in [0.4, 0.5) is 0 Å². The van der Waals surface area contributed by atoms with Crippen LogP contribution < -0.4 is 0 Å². The highest BCUT2D eigenvalue weighted by Gasteiger charge is 2.28. The molecule has 1 fully saturated rings. The molecule has 1 atom stereocenters. The molecule has 1 aliphatic heterocycles. The number of aryl methyl sites for hydroxylation is 2. The molecule has 0 N–H and O–H groups in total. The van der Waals surface area contributed by atoms with Gasteiger partial charge in [-0.1, -0.05) is 0 Å². The van der Waals surface area contributed by atoms with Gasteiger partial charge < -0.3 is 4.90 Å². The summed E-state index contributed by atoms with van der Waals surface area (Å²) in [5, 5.41) is -0.333. The highest BCUT2D eigenvalue weighted by molar-refractivity contribution is 7.92. The average Bonchev–Trinajstić information content (AvgIpc) is 2.75. The summed E-state index contributed by atoms with van der Waals surface area (Å²) in [7, 11) is -3.02. The second kappa shape index (κ2) is 6.26. The predicted octanol–water partition coefficient (Wildman–Crippen LogP) is 2.02. The fraction of sp³-hybridized carbons (Fsp3) is 0.643. The Morgan fingerprint density at radius 2 is 2.15 bits per heavy atom. The minimum Gasteiger partial charge on any atom is -0.342 e. The summed E-state index contributed by atoms with van der Waals surface area (Å²) in [6.07, 6.45) is 1.76. The van der Waals surface area contributed by atoms with Gasteiger partial charge in [-0.3, -0.25) is 4.79 Å². The van der Waals surface area contributed by atoms with E-state index in [2.05, 4.69) is 19.1 Å². The van der Waals surface area contributed by atoms with Gasteiger partial charge in [0.15, 0.2) is 9.84 Å². The molecule has 0 saturated carbocycles. The van der Waals surface area contributed by atoms with E-state index in [1.54, 1.807) is 23.2 Å². The number of hydrogen-bond acceptors (Lipinski definition) is 4. The molecule has 2 heterocycles. The zero-order valence-electron chi connectivity index (χ0n) is 12.0. The number of carbonyl (C=O) groups excluding carboxylic acids is 1. The van der Waals surface area contributed by atoms with Gasteiger partial charge in [0, 0.05) is 29.3 Å². The van der Waals surface area contributed by atoms with E-state index in [1.165, 1.54) is 9.75 Å². The third-order valence-electron chi connectivity index (χ3n) is 3.80. The summed E-state index contributed by atoms with van der Waals surface area (Å²) in [6, 6.07) is 4.12. The molecule has 1 amide bonds. The molecular formula is C14H21NO3S2. The van der Waals surface area contributed by atoms with Crippen LogP contribution in [-0.4, -0.2) is 43.3 Å². The second-order valence-corrected chi connectivity index (χ2v) is 9.27. The molecule has 20 heavy (non-hydrogen) atoms. The van der Waals surface area contributed by atoms with Crippen LogP contribution in [-0.2, 0) is 21.1 Å². The molecule has 0 spiro atoms. The van der Waals surface area contributed by atoms with Gasteiger partial charge in [-0.25, -0.2) is 8.42 Å². The molecule has 4 nitrogen and oxygen atoms in total. The lowest BCUT2D eigenvalue weighted by molar-refractivity contribution is -0.130. The Morgan fingerprint density at radius 1 is 1.40 bits per heavy atom. The Kier molecular flexibility index (Phi) is 4.86. The van der Waals surface area contributed by atoms with Crippen LogP contribution in [0.3, 0.4) is 0 Å². The summed E-state index contributed by atoms with van der Waals surface area (Å²) >= 11 is 1.71. The standard InChI is InChI=1S/C14H21NO3S2/c1-11-3-4-13(19-11)5-6-14(16)15-8-7-12(2)20(17,18)10-9-15/h3-4,12H,5-10H2,1-2H3/t12-/m0/s1.